The molecule has 0 bridgehead atoms. The number of rotatable bonds is 6. The fourth-order valence-corrected chi connectivity index (χ4v) is 2.89. The van der Waals surface area contributed by atoms with Gasteiger partial charge in [-0.25, -0.2) is 9.69 Å². The van der Waals surface area contributed by atoms with Crippen LogP contribution in [0.4, 0.5) is 11.4 Å². The topological polar surface area (TPSA) is 84.9 Å². The molecule has 0 radical (unpaired) electrons. The number of benzene rings is 2. The van der Waals surface area contributed by atoms with Crippen molar-refractivity contribution < 1.29 is 23.9 Å². The van der Waals surface area contributed by atoms with E-state index in [1.165, 1.54) is 25.3 Å². The molecule has 8 heteroatoms. The van der Waals surface area contributed by atoms with Crippen molar-refractivity contribution in [2.75, 3.05) is 23.9 Å². The molecule has 1 aliphatic heterocycles. The van der Waals surface area contributed by atoms with Crippen molar-refractivity contribution >= 4 is 40.8 Å². The molecular weight excluding hydrogens is 384 g/mol. The van der Waals surface area contributed by atoms with Gasteiger partial charge >= 0.3 is 5.97 Å². The van der Waals surface area contributed by atoms with Gasteiger partial charge in [0.15, 0.2) is 0 Å². The summed E-state index contributed by atoms with van der Waals surface area (Å²) in [7, 11) is 1.52. The fraction of sp³-hybridized carbons (Fsp3) is 0.150. The summed E-state index contributed by atoms with van der Waals surface area (Å²) >= 11 is 6.13. The van der Waals surface area contributed by atoms with Gasteiger partial charge in [0.25, 0.3) is 11.8 Å². The van der Waals surface area contributed by atoms with Crippen molar-refractivity contribution in [3.05, 3.63) is 64.8 Å². The van der Waals surface area contributed by atoms with Gasteiger partial charge < -0.3 is 14.8 Å². The van der Waals surface area contributed by atoms with E-state index in [1.54, 1.807) is 37.3 Å². The zero-order valence-corrected chi connectivity index (χ0v) is 15.9. The van der Waals surface area contributed by atoms with E-state index in [2.05, 4.69) is 5.32 Å². The number of carbonyl (C=O) groups is 3. The number of esters is 1. The lowest BCUT2D eigenvalue weighted by molar-refractivity contribution is -0.120. The molecule has 2 amide bonds. The van der Waals surface area contributed by atoms with Crippen LogP contribution in [-0.4, -0.2) is 31.5 Å². The maximum absolute atomic E-state index is 12.8. The first-order chi connectivity index (χ1) is 13.5. The smallest absolute Gasteiger partial charge is 0.338 e. The fourth-order valence-electron chi connectivity index (χ4n) is 2.68. The molecule has 1 aliphatic rings. The molecule has 7 nitrogen and oxygen atoms in total. The number of halogens is 1. The van der Waals surface area contributed by atoms with Crippen molar-refractivity contribution in [2.45, 2.75) is 6.92 Å². The average molecular weight is 401 g/mol. The number of carbonyl (C=O) groups excluding carboxylic acids is 3. The van der Waals surface area contributed by atoms with Gasteiger partial charge in [-0.05, 0) is 37.3 Å². The third-order valence-corrected chi connectivity index (χ3v) is 4.33. The van der Waals surface area contributed by atoms with E-state index in [-0.39, 0.29) is 28.6 Å². The third-order valence-electron chi connectivity index (χ3n) is 3.98. The van der Waals surface area contributed by atoms with Gasteiger partial charge in [-0.15, -0.1) is 0 Å². The second kappa shape index (κ2) is 8.14. The Bertz CT molecular complexity index is 986. The summed E-state index contributed by atoms with van der Waals surface area (Å²) in [6, 6.07) is 12.9. The van der Waals surface area contributed by atoms with E-state index in [1.807, 2.05) is 0 Å². The van der Waals surface area contributed by atoms with Crippen LogP contribution in [0.2, 0.25) is 0 Å². The van der Waals surface area contributed by atoms with Crippen LogP contribution in [-0.2, 0) is 14.3 Å². The molecule has 0 unspecified atom stereocenters. The second-order valence-corrected chi connectivity index (χ2v) is 6.14. The van der Waals surface area contributed by atoms with Crippen molar-refractivity contribution in [1.82, 2.24) is 0 Å². The van der Waals surface area contributed by atoms with E-state index < -0.39 is 17.8 Å². The largest absolute Gasteiger partial charge is 0.497 e. The SMILES string of the molecule is CCOC(=O)c1cccc(N2C(=O)C(Cl)=C(Nc3cccc(OC)c3)C2=O)c1. The quantitative estimate of drug-likeness (QED) is 0.591. The Balaban J connectivity index is 1.88. The normalized spacial score (nSPS) is 13.8. The Kier molecular flexibility index (Phi) is 5.65. The molecule has 2 aromatic carbocycles. The van der Waals surface area contributed by atoms with Crippen LogP contribution >= 0.6 is 11.6 Å². The number of nitrogens with one attached hydrogen (secondary N) is 1. The molecule has 2 aromatic rings. The molecular formula is C20H17ClN2O5. The van der Waals surface area contributed by atoms with Crippen LogP contribution in [0.1, 0.15) is 17.3 Å². The molecule has 144 valence electrons. The summed E-state index contributed by atoms with van der Waals surface area (Å²) in [6.45, 7) is 1.90. The highest BCUT2D eigenvalue weighted by molar-refractivity contribution is 6.53. The number of methoxy groups -OCH3 is 1. The predicted molar refractivity (Wildman–Crippen MR) is 104 cm³/mol. The second-order valence-electron chi connectivity index (χ2n) is 5.76. The molecule has 3 rings (SSSR count). The lowest BCUT2D eigenvalue weighted by atomic mass is 10.2. The Morgan fingerprint density at radius 2 is 1.86 bits per heavy atom. The van der Waals surface area contributed by atoms with Crippen LogP contribution < -0.4 is 15.0 Å². The summed E-state index contributed by atoms with van der Waals surface area (Å²) in [5, 5.41) is 2.63. The minimum absolute atomic E-state index is 0.0542. The summed E-state index contributed by atoms with van der Waals surface area (Å²) < 4.78 is 10.1. The first-order valence-electron chi connectivity index (χ1n) is 8.43. The molecule has 1 N–H and O–H groups in total. The van der Waals surface area contributed by atoms with Gasteiger partial charge in [-0.3, -0.25) is 9.59 Å². The zero-order chi connectivity index (χ0) is 20.3. The van der Waals surface area contributed by atoms with Crippen LogP contribution in [0.3, 0.4) is 0 Å². The zero-order valence-electron chi connectivity index (χ0n) is 15.2. The van der Waals surface area contributed by atoms with E-state index in [4.69, 9.17) is 21.1 Å². The number of hydrogen-bond acceptors (Lipinski definition) is 6. The van der Waals surface area contributed by atoms with Gasteiger partial charge in [0, 0.05) is 11.8 Å². The summed E-state index contributed by atoms with van der Waals surface area (Å²) in [5.41, 5.74) is 0.934. The highest BCUT2D eigenvalue weighted by Crippen LogP contribution is 2.31. The van der Waals surface area contributed by atoms with Gasteiger partial charge in [0.2, 0.25) is 0 Å². The summed E-state index contributed by atoms with van der Waals surface area (Å²) in [6.07, 6.45) is 0. The number of ether oxygens (including phenoxy) is 2. The van der Waals surface area contributed by atoms with E-state index in [0.717, 1.165) is 4.90 Å². The maximum atomic E-state index is 12.8. The summed E-state index contributed by atoms with van der Waals surface area (Å²) in [5.74, 6) is -1.27. The Morgan fingerprint density at radius 3 is 2.57 bits per heavy atom. The van der Waals surface area contributed by atoms with E-state index in [9.17, 15) is 14.4 Å². The Morgan fingerprint density at radius 1 is 1.11 bits per heavy atom. The third kappa shape index (κ3) is 3.70. The minimum Gasteiger partial charge on any atom is -0.497 e. The van der Waals surface area contributed by atoms with Crippen LogP contribution in [0, 0.1) is 0 Å². The molecule has 0 saturated heterocycles. The molecule has 0 saturated carbocycles. The minimum atomic E-state index is -0.682. The van der Waals surface area contributed by atoms with Crippen LogP contribution in [0.5, 0.6) is 5.75 Å². The number of imide groups is 1. The van der Waals surface area contributed by atoms with E-state index in [0.29, 0.717) is 11.4 Å². The lowest BCUT2D eigenvalue weighted by Crippen LogP contribution is -2.32. The Hall–Kier alpha value is -3.32. The molecule has 1 heterocycles. The monoisotopic (exact) mass is 400 g/mol. The molecule has 28 heavy (non-hydrogen) atoms. The molecule has 0 aromatic heterocycles. The van der Waals surface area contributed by atoms with Gasteiger partial charge in [-0.2, -0.15) is 0 Å². The van der Waals surface area contributed by atoms with Crippen molar-refractivity contribution in [1.29, 1.82) is 0 Å². The molecule has 0 aliphatic carbocycles. The summed E-state index contributed by atoms with van der Waals surface area (Å²) in [4.78, 5) is 38.3. The number of hydrogen-bond donors (Lipinski definition) is 1. The Labute approximate surface area is 166 Å². The van der Waals surface area contributed by atoms with E-state index >= 15 is 0 Å². The molecule has 0 fully saturated rings. The maximum Gasteiger partial charge on any atom is 0.338 e. The van der Waals surface area contributed by atoms with Gasteiger partial charge in [0.1, 0.15) is 16.5 Å². The van der Waals surface area contributed by atoms with Crippen molar-refractivity contribution in [3.8, 4) is 5.75 Å². The molecule has 0 spiro atoms. The number of amides is 2. The number of anilines is 2. The molecule has 0 atom stereocenters. The average Bonchev–Trinajstić information content (AvgIpc) is 2.91. The highest BCUT2D eigenvalue weighted by atomic mass is 35.5. The van der Waals surface area contributed by atoms with Gasteiger partial charge in [0.05, 0.1) is 25.0 Å². The van der Waals surface area contributed by atoms with Crippen LogP contribution in [0.25, 0.3) is 0 Å². The van der Waals surface area contributed by atoms with Crippen molar-refractivity contribution in [2.24, 2.45) is 0 Å². The van der Waals surface area contributed by atoms with Gasteiger partial charge in [-0.1, -0.05) is 23.7 Å². The predicted octanol–water partition coefficient (Wildman–Crippen LogP) is 3.31. The number of nitrogens with zero attached hydrogens (tertiary/aromatic N) is 1. The first kappa shape index (κ1) is 19.4. The van der Waals surface area contributed by atoms with Crippen molar-refractivity contribution in [3.63, 3.8) is 0 Å². The standard InChI is InChI=1S/C20H17ClN2O5/c1-3-28-20(26)12-6-4-8-14(10-12)23-18(24)16(21)17(19(23)25)22-13-7-5-9-15(11-13)27-2/h4-11,22H,3H2,1-2H3. The highest BCUT2D eigenvalue weighted by Gasteiger charge is 2.39. The first-order valence-corrected chi connectivity index (χ1v) is 8.81. The van der Waals surface area contributed by atoms with Crippen LogP contribution in [0.15, 0.2) is 59.3 Å². The lowest BCUT2D eigenvalue weighted by Gasteiger charge is -2.16.